The number of benzene rings is 1. The molecule has 0 heterocycles. The Morgan fingerprint density at radius 3 is 2.56 bits per heavy atom. The summed E-state index contributed by atoms with van der Waals surface area (Å²) in [5.74, 6) is 1.33. The summed E-state index contributed by atoms with van der Waals surface area (Å²) in [6.45, 7) is 0.319. The molecule has 0 bridgehead atoms. The van der Waals surface area contributed by atoms with Crippen molar-refractivity contribution in [2.45, 2.75) is 6.42 Å². The number of nitrogens with two attached hydrogens (primary N) is 1. The van der Waals surface area contributed by atoms with Crippen molar-refractivity contribution in [3.63, 3.8) is 0 Å². The van der Waals surface area contributed by atoms with Crippen LogP contribution in [0.1, 0.15) is 22.3 Å². The molecule has 1 rings (SSSR count). The van der Waals surface area contributed by atoms with Gasteiger partial charge in [0.15, 0.2) is 11.6 Å². The maximum atomic E-state index is 12.9. The number of halogens is 2. The van der Waals surface area contributed by atoms with Crippen LogP contribution in [0.3, 0.4) is 0 Å². The quantitative estimate of drug-likeness (QED) is 0.747. The minimum absolute atomic E-state index is 0.0557. The van der Waals surface area contributed by atoms with Crippen molar-refractivity contribution in [1.29, 1.82) is 0 Å². The molecule has 3 nitrogen and oxygen atoms in total. The van der Waals surface area contributed by atoms with E-state index >= 15 is 0 Å². The van der Waals surface area contributed by atoms with Crippen LogP contribution in [-0.2, 0) is 0 Å². The molecule has 16 heavy (non-hydrogen) atoms. The third-order valence-electron chi connectivity index (χ3n) is 1.78. The smallest absolute Gasteiger partial charge is 0.337 e. The first-order valence-corrected chi connectivity index (χ1v) is 4.47. The fraction of sp³-hybridized carbons (Fsp3) is 0.182. The Bertz CT molecular complexity index is 475. The number of rotatable bonds is 2. The van der Waals surface area contributed by atoms with Crippen molar-refractivity contribution in [1.82, 2.24) is 0 Å². The van der Waals surface area contributed by atoms with E-state index in [1.54, 1.807) is 0 Å². The number of carbonyl (C=O) groups is 1. The van der Waals surface area contributed by atoms with Gasteiger partial charge in [-0.1, -0.05) is 11.8 Å². The van der Waals surface area contributed by atoms with Crippen LogP contribution in [0.15, 0.2) is 12.1 Å². The molecule has 1 aromatic carbocycles. The summed E-state index contributed by atoms with van der Waals surface area (Å²) < 4.78 is 25.7. The summed E-state index contributed by atoms with van der Waals surface area (Å²) in [5, 5.41) is 8.76. The van der Waals surface area contributed by atoms with Crippen molar-refractivity contribution in [2.75, 3.05) is 6.54 Å². The molecule has 0 spiro atoms. The van der Waals surface area contributed by atoms with Gasteiger partial charge in [-0.3, -0.25) is 0 Å². The Balaban J connectivity index is 3.21. The van der Waals surface area contributed by atoms with Gasteiger partial charge in [0.05, 0.1) is 5.56 Å². The Morgan fingerprint density at radius 1 is 1.38 bits per heavy atom. The summed E-state index contributed by atoms with van der Waals surface area (Å²) in [5.41, 5.74) is 4.78. The molecule has 0 aliphatic rings. The summed E-state index contributed by atoms with van der Waals surface area (Å²) in [7, 11) is 0. The number of carboxylic acid groups (broad SMARTS) is 1. The van der Waals surface area contributed by atoms with E-state index in [0.29, 0.717) is 19.0 Å². The molecule has 0 atom stereocenters. The lowest BCUT2D eigenvalue weighted by Gasteiger charge is -2.00. The maximum absolute atomic E-state index is 12.9. The van der Waals surface area contributed by atoms with Gasteiger partial charge in [-0.2, -0.15) is 0 Å². The predicted molar refractivity (Wildman–Crippen MR) is 53.9 cm³/mol. The second-order valence-corrected chi connectivity index (χ2v) is 2.96. The SMILES string of the molecule is NCCC#Cc1cc(F)c(F)cc1C(=O)O. The van der Waals surface area contributed by atoms with Crippen LogP contribution in [0.4, 0.5) is 8.78 Å². The molecule has 84 valence electrons. The first-order chi connectivity index (χ1) is 7.56. The lowest BCUT2D eigenvalue weighted by Crippen LogP contribution is -2.03. The highest BCUT2D eigenvalue weighted by molar-refractivity contribution is 5.90. The minimum Gasteiger partial charge on any atom is -0.478 e. The van der Waals surface area contributed by atoms with Gasteiger partial charge in [0, 0.05) is 18.5 Å². The van der Waals surface area contributed by atoms with E-state index < -0.39 is 17.6 Å². The van der Waals surface area contributed by atoms with Gasteiger partial charge < -0.3 is 10.8 Å². The molecule has 0 aliphatic carbocycles. The van der Waals surface area contributed by atoms with Crippen LogP contribution >= 0.6 is 0 Å². The Morgan fingerprint density at radius 2 is 2.00 bits per heavy atom. The molecular formula is C11H9F2NO2. The molecule has 0 fully saturated rings. The average Bonchev–Trinajstić information content (AvgIpc) is 2.23. The molecular weight excluding hydrogens is 216 g/mol. The van der Waals surface area contributed by atoms with Crippen molar-refractivity contribution in [3.8, 4) is 11.8 Å². The lowest BCUT2D eigenvalue weighted by atomic mass is 10.1. The molecule has 0 saturated heterocycles. The zero-order valence-electron chi connectivity index (χ0n) is 8.26. The van der Waals surface area contributed by atoms with E-state index in [9.17, 15) is 13.6 Å². The first kappa shape index (κ1) is 12.1. The van der Waals surface area contributed by atoms with Crippen LogP contribution in [0.5, 0.6) is 0 Å². The number of carboxylic acids is 1. The lowest BCUT2D eigenvalue weighted by molar-refractivity contribution is 0.0696. The summed E-state index contributed by atoms with van der Waals surface area (Å²) >= 11 is 0. The molecule has 0 radical (unpaired) electrons. The highest BCUT2D eigenvalue weighted by Gasteiger charge is 2.13. The molecule has 0 unspecified atom stereocenters. The highest BCUT2D eigenvalue weighted by Crippen LogP contribution is 2.14. The minimum atomic E-state index is -1.35. The van der Waals surface area contributed by atoms with Gasteiger partial charge in [-0.25, -0.2) is 13.6 Å². The van der Waals surface area contributed by atoms with Gasteiger partial charge in [0.2, 0.25) is 0 Å². The fourth-order valence-electron chi connectivity index (χ4n) is 1.06. The average molecular weight is 225 g/mol. The summed E-state index contributed by atoms with van der Waals surface area (Å²) in [6, 6.07) is 1.38. The molecule has 0 aliphatic heterocycles. The van der Waals surface area contributed by atoms with Crippen LogP contribution < -0.4 is 5.73 Å². The van der Waals surface area contributed by atoms with Crippen molar-refractivity contribution in [2.24, 2.45) is 5.73 Å². The molecule has 1 aromatic rings. The largest absolute Gasteiger partial charge is 0.478 e. The Labute approximate surface area is 90.9 Å². The summed E-state index contributed by atoms with van der Waals surface area (Å²) in [6.07, 6.45) is 0.359. The number of hydrogen-bond acceptors (Lipinski definition) is 2. The maximum Gasteiger partial charge on any atom is 0.337 e. The van der Waals surface area contributed by atoms with Crippen molar-refractivity contribution in [3.05, 3.63) is 34.9 Å². The van der Waals surface area contributed by atoms with E-state index in [1.165, 1.54) is 0 Å². The Kier molecular flexibility index (Phi) is 3.97. The normalized spacial score (nSPS) is 9.44. The molecule has 5 heteroatoms. The van der Waals surface area contributed by atoms with E-state index in [4.69, 9.17) is 10.8 Å². The highest BCUT2D eigenvalue weighted by atomic mass is 19.2. The van der Waals surface area contributed by atoms with Crippen LogP contribution in [0, 0.1) is 23.5 Å². The van der Waals surface area contributed by atoms with Crippen LogP contribution in [-0.4, -0.2) is 17.6 Å². The molecule has 0 amide bonds. The van der Waals surface area contributed by atoms with Gasteiger partial charge >= 0.3 is 5.97 Å². The third kappa shape index (κ3) is 2.78. The van der Waals surface area contributed by atoms with E-state index in [-0.39, 0.29) is 11.1 Å². The fourth-order valence-corrected chi connectivity index (χ4v) is 1.06. The molecule has 3 N–H and O–H groups in total. The monoisotopic (exact) mass is 225 g/mol. The second-order valence-electron chi connectivity index (χ2n) is 2.96. The first-order valence-electron chi connectivity index (χ1n) is 4.47. The molecule has 0 saturated carbocycles. The van der Waals surface area contributed by atoms with Crippen molar-refractivity contribution < 1.29 is 18.7 Å². The Hall–Kier alpha value is -1.93. The van der Waals surface area contributed by atoms with Gasteiger partial charge in [-0.05, 0) is 12.1 Å². The summed E-state index contributed by atoms with van der Waals surface area (Å²) in [4.78, 5) is 10.7. The van der Waals surface area contributed by atoms with Gasteiger partial charge in [0.1, 0.15) is 0 Å². The number of hydrogen-bond donors (Lipinski definition) is 2. The van der Waals surface area contributed by atoms with Crippen LogP contribution in [0.2, 0.25) is 0 Å². The van der Waals surface area contributed by atoms with Crippen molar-refractivity contribution >= 4 is 5.97 Å². The third-order valence-corrected chi connectivity index (χ3v) is 1.78. The number of aromatic carboxylic acids is 1. The zero-order chi connectivity index (χ0) is 12.1. The van der Waals surface area contributed by atoms with Gasteiger partial charge in [-0.15, -0.1) is 0 Å². The van der Waals surface area contributed by atoms with E-state index in [2.05, 4.69) is 11.8 Å². The predicted octanol–water partition coefficient (Wildman–Crippen LogP) is 1.36. The van der Waals surface area contributed by atoms with Crippen LogP contribution in [0.25, 0.3) is 0 Å². The van der Waals surface area contributed by atoms with E-state index in [1.807, 2.05) is 0 Å². The second kappa shape index (κ2) is 5.24. The molecule has 0 aromatic heterocycles. The topological polar surface area (TPSA) is 63.3 Å². The zero-order valence-corrected chi connectivity index (χ0v) is 8.26. The standard InChI is InChI=1S/C11H9F2NO2/c12-9-5-7(3-1-2-4-14)8(11(15)16)6-10(9)13/h5-6H,2,4,14H2,(H,15,16). The van der Waals surface area contributed by atoms with Gasteiger partial charge in [0.25, 0.3) is 0 Å². The van der Waals surface area contributed by atoms with E-state index in [0.717, 1.165) is 6.07 Å².